The maximum atomic E-state index is 12.4. The van der Waals surface area contributed by atoms with Crippen LogP contribution in [0.2, 0.25) is 5.02 Å². The average Bonchev–Trinajstić information content (AvgIpc) is 3.44. The Morgan fingerprint density at radius 1 is 1.36 bits per heavy atom. The first-order valence-electron chi connectivity index (χ1n) is 11.6. The van der Waals surface area contributed by atoms with Crippen molar-refractivity contribution < 1.29 is 9.53 Å². The quantitative estimate of drug-likeness (QED) is 0.496. The summed E-state index contributed by atoms with van der Waals surface area (Å²) in [7, 11) is 0. The normalized spacial score (nSPS) is 20.5. The Labute approximate surface area is 204 Å². The Kier molecular flexibility index (Phi) is 8.28. The second-order valence-electron chi connectivity index (χ2n) is 8.86. The van der Waals surface area contributed by atoms with E-state index in [1.54, 1.807) is 11.8 Å². The van der Waals surface area contributed by atoms with Gasteiger partial charge >= 0.3 is 0 Å². The van der Waals surface area contributed by atoms with E-state index in [2.05, 4.69) is 41.5 Å². The van der Waals surface area contributed by atoms with Crippen molar-refractivity contribution in [2.24, 2.45) is 5.92 Å². The number of nitrogens with zero attached hydrogens (tertiary/aromatic N) is 3. The number of ether oxygens (including phenoxy) is 1. The molecule has 2 atom stereocenters. The molecule has 1 N–H and O–H groups in total. The summed E-state index contributed by atoms with van der Waals surface area (Å²) in [5, 5.41) is 13.3. The molecule has 8 heteroatoms. The highest BCUT2D eigenvalue weighted by Crippen LogP contribution is 2.29. The molecule has 2 heterocycles. The van der Waals surface area contributed by atoms with Gasteiger partial charge in [0.2, 0.25) is 5.91 Å². The lowest BCUT2D eigenvalue weighted by Gasteiger charge is -2.16. The summed E-state index contributed by atoms with van der Waals surface area (Å²) in [5.41, 5.74) is 3.63. The molecule has 1 aliphatic carbocycles. The number of thioether (sulfide) groups is 1. The third-order valence-corrected chi connectivity index (χ3v) is 7.07. The van der Waals surface area contributed by atoms with E-state index in [0.717, 1.165) is 48.3 Å². The number of amides is 1. The SMILES string of the molecule is CC1=CC(CSc2nnc(CCC(=O)NCC3CCCO3)n2-c2cccc(Cl)c2)=CC(C)C1. The highest BCUT2D eigenvalue weighted by molar-refractivity contribution is 7.99. The Hall–Kier alpha value is -2.09. The number of nitrogens with one attached hydrogen (secondary N) is 1. The molecule has 1 aromatic carbocycles. The van der Waals surface area contributed by atoms with Crippen molar-refractivity contribution in [3.8, 4) is 5.69 Å². The number of carbonyl (C=O) groups is 1. The van der Waals surface area contributed by atoms with Gasteiger partial charge in [-0.3, -0.25) is 9.36 Å². The lowest BCUT2D eigenvalue weighted by molar-refractivity contribution is -0.121. The lowest BCUT2D eigenvalue weighted by atomic mass is 9.93. The molecular weight excluding hydrogens is 456 g/mol. The van der Waals surface area contributed by atoms with E-state index < -0.39 is 0 Å². The largest absolute Gasteiger partial charge is 0.376 e. The number of aromatic nitrogens is 3. The van der Waals surface area contributed by atoms with Crippen LogP contribution in [-0.2, 0) is 16.0 Å². The fraction of sp³-hybridized carbons (Fsp3) is 0.480. The van der Waals surface area contributed by atoms with Crippen LogP contribution in [0.5, 0.6) is 0 Å². The maximum absolute atomic E-state index is 12.4. The fourth-order valence-corrected chi connectivity index (χ4v) is 5.47. The Balaban J connectivity index is 1.46. The average molecular weight is 487 g/mol. The van der Waals surface area contributed by atoms with Crippen molar-refractivity contribution in [1.82, 2.24) is 20.1 Å². The third-order valence-electron chi connectivity index (χ3n) is 5.84. The topological polar surface area (TPSA) is 69.0 Å². The Bertz CT molecular complexity index is 1040. The molecule has 0 radical (unpaired) electrons. The molecule has 1 fully saturated rings. The molecule has 0 spiro atoms. The number of halogens is 1. The van der Waals surface area contributed by atoms with E-state index in [-0.39, 0.29) is 12.0 Å². The van der Waals surface area contributed by atoms with Gasteiger partial charge in [0.1, 0.15) is 5.82 Å². The van der Waals surface area contributed by atoms with Crippen LogP contribution >= 0.6 is 23.4 Å². The molecule has 2 aromatic rings. The van der Waals surface area contributed by atoms with Crippen LogP contribution in [0, 0.1) is 5.92 Å². The minimum absolute atomic E-state index is 0.00214. The molecule has 1 aliphatic heterocycles. The number of allylic oxidation sites excluding steroid dienone is 3. The Morgan fingerprint density at radius 2 is 2.24 bits per heavy atom. The van der Waals surface area contributed by atoms with Crippen molar-refractivity contribution in [3.05, 3.63) is 58.4 Å². The minimum atomic E-state index is 0.00214. The molecule has 4 rings (SSSR count). The number of benzene rings is 1. The standard InChI is InChI=1S/C25H31ClN4O2S/c1-17-11-18(2)13-19(12-17)16-33-25-29-28-23(30(25)21-6-3-5-20(26)14-21)8-9-24(31)27-15-22-7-4-10-32-22/h3,5-6,12-14,17,22H,4,7-11,15-16H2,1-2H3,(H,27,31). The summed E-state index contributed by atoms with van der Waals surface area (Å²) in [6, 6.07) is 7.66. The summed E-state index contributed by atoms with van der Waals surface area (Å²) in [5.74, 6) is 2.13. The van der Waals surface area contributed by atoms with Gasteiger partial charge in [-0.05, 0) is 55.9 Å². The molecule has 6 nitrogen and oxygen atoms in total. The van der Waals surface area contributed by atoms with Gasteiger partial charge in [-0.2, -0.15) is 0 Å². The van der Waals surface area contributed by atoms with Crippen molar-refractivity contribution in [1.29, 1.82) is 0 Å². The molecule has 176 valence electrons. The summed E-state index contributed by atoms with van der Waals surface area (Å²) in [6.07, 6.45) is 8.78. The third kappa shape index (κ3) is 6.71. The molecule has 0 saturated carbocycles. The van der Waals surface area contributed by atoms with Crippen molar-refractivity contribution in [3.63, 3.8) is 0 Å². The zero-order chi connectivity index (χ0) is 23.2. The van der Waals surface area contributed by atoms with Crippen LogP contribution in [0.1, 0.15) is 45.4 Å². The van der Waals surface area contributed by atoms with Gasteiger partial charge in [-0.1, -0.05) is 54.1 Å². The van der Waals surface area contributed by atoms with Crippen molar-refractivity contribution >= 4 is 29.3 Å². The van der Waals surface area contributed by atoms with Crippen molar-refractivity contribution in [2.45, 2.75) is 57.2 Å². The number of carbonyl (C=O) groups excluding carboxylic acids is 1. The molecule has 0 bridgehead atoms. The van der Waals surface area contributed by atoms with E-state index in [0.29, 0.717) is 30.3 Å². The van der Waals surface area contributed by atoms with E-state index in [1.807, 2.05) is 28.8 Å². The molecule has 2 unspecified atom stereocenters. The van der Waals surface area contributed by atoms with Gasteiger partial charge in [0.15, 0.2) is 5.16 Å². The first-order valence-corrected chi connectivity index (χ1v) is 12.9. The van der Waals surface area contributed by atoms with Crippen LogP contribution in [0.3, 0.4) is 0 Å². The molecule has 33 heavy (non-hydrogen) atoms. The van der Waals surface area contributed by atoms with Gasteiger partial charge in [-0.15, -0.1) is 10.2 Å². The number of aryl methyl sites for hydroxylation is 1. The first kappa shape index (κ1) is 24.0. The number of rotatable bonds is 9. The van der Waals surface area contributed by atoms with Gasteiger partial charge in [0, 0.05) is 36.8 Å². The molecule has 1 aromatic heterocycles. The van der Waals surface area contributed by atoms with E-state index >= 15 is 0 Å². The predicted octanol–water partition coefficient (Wildman–Crippen LogP) is 5.15. The summed E-state index contributed by atoms with van der Waals surface area (Å²) >= 11 is 7.93. The van der Waals surface area contributed by atoms with Gasteiger partial charge in [-0.25, -0.2) is 0 Å². The van der Waals surface area contributed by atoms with Gasteiger partial charge in [0.25, 0.3) is 0 Å². The number of hydrogen-bond donors (Lipinski definition) is 1. The van der Waals surface area contributed by atoms with Gasteiger partial charge < -0.3 is 10.1 Å². The second-order valence-corrected chi connectivity index (χ2v) is 10.2. The Morgan fingerprint density at radius 3 is 3.00 bits per heavy atom. The molecule has 1 amide bonds. The molecule has 1 saturated heterocycles. The van der Waals surface area contributed by atoms with Crippen molar-refractivity contribution in [2.75, 3.05) is 18.9 Å². The van der Waals surface area contributed by atoms with Crippen LogP contribution in [0.4, 0.5) is 0 Å². The van der Waals surface area contributed by atoms with Crippen LogP contribution in [0.15, 0.2) is 52.7 Å². The fourth-order valence-electron chi connectivity index (χ4n) is 4.37. The first-order chi connectivity index (χ1) is 16.0. The molecular formula is C25H31ClN4O2S. The zero-order valence-electron chi connectivity index (χ0n) is 19.2. The maximum Gasteiger partial charge on any atom is 0.220 e. The number of hydrogen-bond acceptors (Lipinski definition) is 5. The summed E-state index contributed by atoms with van der Waals surface area (Å²) < 4.78 is 7.60. The van der Waals surface area contributed by atoms with E-state index in [4.69, 9.17) is 16.3 Å². The second kappa shape index (κ2) is 11.4. The monoisotopic (exact) mass is 486 g/mol. The zero-order valence-corrected chi connectivity index (χ0v) is 20.8. The summed E-state index contributed by atoms with van der Waals surface area (Å²) in [6.45, 7) is 5.79. The van der Waals surface area contributed by atoms with Crippen LogP contribution < -0.4 is 5.32 Å². The minimum Gasteiger partial charge on any atom is -0.376 e. The van der Waals surface area contributed by atoms with E-state index in [1.165, 1.54) is 11.1 Å². The highest BCUT2D eigenvalue weighted by Gasteiger charge is 2.19. The van der Waals surface area contributed by atoms with E-state index in [9.17, 15) is 4.79 Å². The lowest BCUT2D eigenvalue weighted by Crippen LogP contribution is -2.32. The van der Waals surface area contributed by atoms with Crippen LogP contribution in [-0.4, -0.2) is 45.7 Å². The predicted molar refractivity (Wildman–Crippen MR) is 133 cm³/mol. The van der Waals surface area contributed by atoms with Crippen LogP contribution in [0.25, 0.3) is 5.69 Å². The van der Waals surface area contributed by atoms with Gasteiger partial charge in [0.05, 0.1) is 11.8 Å². The smallest absolute Gasteiger partial charge is 0.220 e. The highest BCUT2D eigenvalue weighted by atomic mass is 35.5. The molecule has 2 aliphatic rings. The summed E-state index contributed by atoms with van der Waals surface area (Å²) in [4.78, 5) is 12.4.